The second-order valence-electron chi connectivity index (χ2n) is 7.24. The van der Waals surface area contributed by atoms with Gasteiger partial charge < -0.3 is 19.0 Å². The first kappa shape index (κ1) is 25.7. The molecule has 4 aromatic rings. The molecule has 11 heteroatoms. The summed E-state index contributed by atoms with van der Waals surface area (Å²) in [5.41, 5.74) is 1.91. The monoisotopic (exact) mass is 590 g/mol. The number of hydrogen-bond acceptors (Lipinski definition) is 7. The predicted molar refractivity (Wildman–Crippen MR) is 138 cm³/mol. The summed E-state index contributed by atoms with van der Waals surface area (Å²) in [7, 11) is 1.50. The van der Waals surface area contributed by atoms with Crippen LogP contribution >= 0.6 is 39.3 Å². The number of thioether (sulfide) groups is 1. The third-order valence-electron chi connectivity index (χ3n) is 4.77. The molecule has 36 heavy (non-hydrogen) atoms. The largest absolute Gasteiger partial charge is 0.496 e. The van der Waals surface area contributed by atoms with Crippen molar-refractivity contribution in [1.29, 1.82) is 0 Å². The Morgan fingerprint density at radius 1 is 1.14 bits per heavy atom. The van der Waals surface area contributed by atoms with E-state index in [2.05, 4.69) is 26.1 Å². The summed E-state index contributed by atoms with van der Waals surface area (Å²) < 4.78 is 30.4. The Morgan fingerprint density at radius 3 is 2.58 bits per heavy atom. The average Bonchev–Trinajstić information content (AvgIpc) is 3.32. The second kappa shape index (κ2) is 11.6. The summed E-state index contributed by atoms with van der Waals surface area (Å²) in [6.07, 6.45) is 1.48. The maximum atomic E-state index is 13.1. The normalized spacial score (nSPS) is 11.4. The van der Waals surface area contributed by atoms with E-state index in [4.69, 9.17) is 25.5 Å². The van der Waals surface area contributed by atoms with Crippen LogP contribution < -0.4 is 9.47 Å². The van der Waals surface area contributed by atoms with Gasteiger partial charge in [0.05, 0.1) is 17.1 Å². The Hall–Kier alpha value is -3.34. The van der Waals surface area contributed by atoms with Crippen molar-refractivity contribution in [2.24, 2.45) is 0 Å². The number of halogens is 3. The maximum Gasteiger partial charge on any atom is 0.342 e. The highest BCUT2D eigenvalue weighted by Crippen LogP contribution is 2.35. The van der Waals surface area contributed by atoms with Gasteiger partial charge in [0, 0.05) is 5.02 Å². The van der Waals surface area contributed by atoms with Gasteiger partial charge in [0.25, 0.3) is 11.1 Å². The lowest BCUT2D eigenvalue weighted by atomic mass is 10.2. The van der Waals surface area contributed by atoms with Crippen molar-refractivity contribution < 1.29 is 28.2 Å². The van der Waals surface area contributed by atoms with Crippen LogP contribution in [0.15, 0.2) is 79.7 Å². The quantitative estimate of drug-likeness (QED) is 0.163. The number of carboxylic acid groups (broad SMARTS) is 1. The van der Waals surface area contributed by atoms with Crippen LogP contribution in [0.2, 0.25) is 5.02 Å². The van der Waals surface area contributed by atoms with Gasteiger partial charge in [-0.3, -0.25) is 0 Å². The van der Waals surface area contributed by atoms with E-state index < -0.39 is 5.97 Å². The van der Waals surface area contributed by atoms with Gasteiger partial charge in [0.2, 0.25) is 0 Å². The first-order valence-electron chi connectivity index (χ1n) is 10.3. The van der Waals surface area contributed by atoms with Gasteiger partial charge in [-0.15, -0.1) is 10.2 Å². The molecule has 0 unspecified atom stereocenters. The van der Waals surface area contributed by atoms with E-state index in [0.717, 1.165) is 17.3 Å². The molecule has 1 N–H and O–H groups in total. The molecule has 0 aliphatic rings. The minimum atomic E-state index is -1.16. The molecule has 184 valence electrons. The van der Waals surface area contributed by atoms with Crippen molar-refractivity contribution >= 4 is 51.3 Å². The lowest BCUT2D eigenvalue weighted by molar-refractivity contribution is -0.131. The van der Waals surface area contributed by atoms with E-state index in [1.165, 1.54) is 25.3 Å². The zero-order valence-corrected chi connectivity index (χ0v) is 21.7. The lowest BCUT2D eigenvalue weighted by Crippen LogP contribution is -1.98. The van der Waals surface area contributed by atoms with Crippen molar-refractivity contribution in [2.75, 3.05) is 7.11 Å². The summed E-state index contributed by atoms with van der Waals surface area (Å²) in [4.78, 5) is 11.9. The topological polar surface area (TPSA) is 94.7 Å². The fraction of sp³-hybridized carbons (Fsp3) is 0.0800. The first-order chi connectivity index (χ1) is 17.3. The minimum Gasteiger partial charge on any atom is -0.496 e. The van der Waals surface area contributed by atoms with E-state index in [9.17, 15) is 14.3 Å². The molecule has 0 atom stereocenters. The van der Waals surface area contributed by atoms with E-state index >= 15 is 0 Å². The molecular formula is C25H17BrClFN2O5S. The minimum absolute atomic E-state index is 0.0323. The molecule has 0 saturated carbocycles. The fourth-order valence-electron chi connectivity index (χ4n) is 3.05. The van der Waals surface area contributed by atoms with E-state index in [1.54, 1.807) is 48.5 Å². The van der Waals surface area contributed by atoms with Gasteiger partial charge in [-0.2, -0.15) is 0 Å². The highest BCUT2D eigenvalue weighted by molar-refractivity contribution is 9.10. The molecule has 0 spiro atoms. The van der Waals surface area contributed by atoms with Crippen LogP contribution in [0.25, 0.3) is 17.5 Å². The summed E-state index contributed by atoms with van der Waals surface area (Å²) >= 11 is 10.3. The van der Waals surface area contributed by atoms with Crippen molar-refractivity contribution in [3.63, 3.8) is 0 Å². The van der Waals surface area contributed by atoms with Gasteiger partial charge in [-0.1, -0.05) is 29.8 Å². The molecule has 1 aromatic heterocycles. The van der Waals surface area contributed by atoms with Crippen LogP contribution in [0.3, 0.4) is 0 Å². The zero-order chi connectivity index (χ0) is 25.7. The Kier molecular flexibility index (Phi) is 8.29. The summed E-state index contributed by atoms with van der Waals surface area (Å²) in [5.74, 6) is -0.290. The van der Waals surface area contributed by atoms with Crippen LogP contribution in [0.4, 0.5) is 4.39 Å². The molecule has 0 amide bonds. The molecule has 7 nitrogen and oxygen atoms in total. The van der Waals surface area contributed by atoms with Crippen LogP contribution in [-0.2, 0) is 11.4 Å². The van der Waals surface area contributed by atoms with Crippen LogP contribution in [0.1, 0.15) is 11.1 Å². The van der Waals surface area contributed by atoms with E-state index in [1.807, 2.05) is 0 Å². The number of carboxylic acids is 1. The summed E-state index contributed by atoms with van der Waals surface area (Å²) in [5, 5.41) is 18.1. The molecule has 1 heterocycles. The molecular weight excluding hydrogens is 575 g/mol. The maximum absolute atomic E-state index is 13.1. The van der Waals surface area contributed by atoms with Gasteiger partial charge >= 0.3 is 5.97 Å². The number of benzene rings is 3. The Balaban J connectivity index is 1.50. The number of carbonyl (C=O) groups is 1. The molecule has 0 saturated heterocycles. The Bertz CT molecular complexity index is 1430. The number of aromatic nitrogens is 2. The molecule has 0 fully saturated rings. The molecule has 0 bridgehead atoms. The number of methoxy groups -OCH3 is 1. The fourth-order valence-corrected chi connectivity index (χ4v) is 4.41. The molecule has 4 rings (SSSR count). The Labute approximate surface area is 223 Å². The SMILES string of the molecule is COc1ccc(Cl)cc1-c1nnc(S/C(=C\c2ccc(OCc3ccc(F)cc3)c(Br)c2)C(=O)O)o1. The smallest absolute Gasteiger partial charge is 0.342 e. The standard InChI is InChI=1S/C25H17BrClFN2O5S/c1-33-20-9-5-16(27)12-18(20)23-29-30-25(35-23)36-22(24(31)32)11-15-4-8-21(19(26)10-15)34-13-14-2-6-17(28)7-3-14/h2-12H,13H2,1H3,(H,31,32)/b22-11-. The third-order valence-corrected chi connectivity index (χ3v) is 6.47. The van der Waals surface area contributed by atoms with Gasteiger partial charge in [0.15, 0.2) is 0 Å². The summed E-state index contributed by atoms with van der Waals surface area (Å²) in [6, 6.07) is 16.1. The van der Waals surface area contributed by atoms with Crippen molar-refractivity contribution in [3.05, 3.63) is 92.0 Å². The number of ether oxygens (including phenoxy) is 2. The highest BCUT2D eigenvalue weighted by atomic mass is 79.9. The van der Waals surface area contributed by atoms with E-state index in [0.29, 0.717) is 32.1 Å². The van der Waals surface area contributed by atoms with Gasteiger partial charge in [-0.05, 0) is 87.4 Å². The van der Waals surface area contributed by atoms with Crippen LogP contribution in [-0.4, -0.2) is 28.4 Å². The Morgan fingerprint density at radius 2 is 1.89 bits per heavy atom. The van der Waals surface area contributed by atoms with Gasteiger partial charge in [-0.25, -0.2) is 9.18 Å². The molecule has 0 radical (unpaired) electrons. The number of nitrogens with zero attached hydrogens (tertiary/aromatic N) is 2. The number of aliphatic carboxylic acids is 1. The van der Waals surface area contributed by atoms with Crippen molar-refractivity contribution in [1.82, 2.24) is 10.2 Å². The molecule has 3 aromatic carbocycles. The first-order valence-corrected chi connectivity index (χ1v) is 12.3. The van der Waals surface area contributed by atoms with Crippen molar-refractivity contribution in [2.45, 2.75) is 11.8 Å². The number of hydrogen-bond donors (Lipinski definition) is 1. The lowest BCUT2D eigenvalue weighted by Gasteiger charge is -2.09. The summed E-state index contributed by atoms with van der Waals surface area (Å²) in [6.45, 7) is 0.251. The highest BCUT2D eigenvalue weighted by Gasteiger charge is 2.18. The molecule has 0 aliphatic carbocycles. The zero-order valence-electron chi connectivity index (χ0n) is 18.6. The number of rotatable bonds is 9. The molecule has 0 aliphatic heterocycles. The van der Waals surface area contributed by atoms with Crippen LogP contribution in [0, 0.1) is 5.82 Å². The third kappa shape index (κ3) is 6.45. The second-order valence-corrected chi connectivity index (χ2v) is 9.52. The van der Waals surface area contributed by atoms with E-state index in [-0.39, 0.29) is 28.4 Å². The average molecular weight is 592 g/mol. The van der Waals surface area contributed by atoms with Crippen molar-refractivity contribution in [3.8, 4) is 23.0 Å². The predicted octanol–water partition coefficient (Wildman–Crippen LogP) is 7.10. The van der Waals surface area contributed by atoms with Crippen LogP contribution in [0.5, 0.6) is 11.5 Å². The van der Waals surface area contributed by atoms with Gasteiger partial charge in [0.1, 0.15) is 28.8 Å².